The van der Waals surface area contributed by atoms with Gasteiger partial charge in [0, 0.05) is 23.1 Å². The number of thioether (sulfide) groups is 1. The number of carbonyl (C=O) groups is 1. The molecule has 0 aliphatic rings. The highest BCUT2D eigenvalue weighted by atomic mass is 32.2. The van der Waals surface area contributed by atoms with Crippen molar-refractivity contribution >= 4 is 17.5 Å². The Bertz CT molecular complexity index is 316. The largest absolute Gasteiger partial charge is 0.298 e. The molecule has 1 heterocycles. The average Bonchev–Trinajstić information content (AvgIpc) is 2.15. The summed E-state index contributed by atoms with van der Waals surface area (Å²) in [5, 5.41) is 0. The molecule has 0 N–H and O–H groups in total. The van der Waals surface area contributed by atoms with Crippen molar-refractivity contribution in [2.75, 3.05) is 5.75 Å². The Kier molecular flexibility index (Phi) is 4.33. The summed E-state index contributed by atoms with van der Waals surface area (Å²) in [7, 11) is 0. The Morgan fingerprint density at radius 3 is 2.67 bits per heavy atom. The molecule has 0 spiro atoms. The second-order valence-electron chi connectivity index (χ2n) is 4.44. The maximum atomic E-state index is 11.6. The minimum Gasteiger partial charge on any atom is -0.298 e. The van der Waals surface area contributed by atoms with Gasteiger partial charge in [-0.1, -0.05) is 26.8 Å². The molecule has 15 heavy (non-hydrogen) atoms. The number of rotatable bonds is 4. The van der Waals surface area contributed by atoms with Crippen molar-refractivity contribution in [1.29, 1.82) is 0 Å². The molecule has 0 fully saturated rings. The lowest BCUT2D eigenvalue weighted by Crippen LogP contribution is -2.14. The molecule has 0 atom stereocenters. The van der Waals surface area contributed by atoms with Crippen LogP contribution in [0, 0.1) is 0 Å². The molecule has 0 unspecified atom stereocenters. The van der Waals surface area contributed by atoms with Gasteiger partial charge in [0.1, 0.15) is 5.78 Å². The predicted molar refractivity (Wildman–Crippen MR) is 65.2 cm³/mol. The molecule has 0 saturated carbocycles. The summed E-state index contributed by atoms with van der Waals surface area (Å²) in [6.07, 6.45) is 2.17. The van der Waals surface area contributed by atoms with E-state index in [1.807, 2.05) is 18.2 Å². The second-order valence-corrected chi connectivity index (χ2v) is 6.24. The highest BCUT2D eigenvalue weighted by Gasteiger charge is 2.13. The van der Waals surface area contributed by atoms with Crippen molar-refractivity contribution in [2.45, 2.75) is 31.9 Å². The van der Waals surface area contributed by atoms with Crippen LogP contribution >= 0.6 is 11.8 Å². The second kappa shape index (κ2) is 5.31. The van der Waals surface area contributed by atoms with Crippen LogP contribution in [0.25, 0.3) is 0 Å². The van der Waals surface area contributed by atoms with Crippen molar-refractivity contribution in [1.82, 2.24) is 4.98 Å². The molecular formula is C12H17NOS. The van der Waals surface area contributed by atoms with Gasteiger partial charge in [-0.15, -0.1) is 11.8 Å². The molecule has 1 aromatic heterocycles. The van der Waals surface area contributed by atoms with E-state index in [9.17, 15) is 4.79 Å². The van der Waals surface area contributed by atoms with Gasteiger partial charge in [-0.2, -0.15) is 0 Å². The number of hydrogen-bond acceptors (Lipinski definition) is 3. The van der Waals surface area contributed by atoms with Gasteiger partial charge in [-0.25, -0.2) is 0 Å². The fourth-order valence-electron chi connectivity index (χ4n) is 1.05. The highest BCUT2D eigenvalue weighted by Crippen LogP contribution is 2.23. The lowest BCUT2D eigenvalue weighted by atomic mass is 10.2. The predicted octanol–water partition coefficient (Wildman–Crippen LogP) is 2.72. The number of hydrogen-bond donors (Lipinski definition) is 0. The molecule has 2 nitrogen and oxygen atoms in total. The van der Waals surface area contributed by atoms with Gasteiger partial charge in [0.15, 0.2) is 0 Å². The number of aromatic nitrogens is 1. The van der Waals surface area contributed by atoms with Crippen molar-refractivity contribution in [3.05, 3.63) is 30.1 Å². The number of ketones is 1. The zero-order valence-corrected chi connectivity index (χ0v) is 10.3. The van der Waals surface area contributed by atoms with E-state index in [1.165, 1.54) is 0 Å². The lowest BCUT2D eigenvalue weighted by molar-refractivity contribution is -0.116. The van der Waals surface area contributed by atoms with E-state index < -0.39 is 0 Å². The van der Waals surface area contributed by atoms with Crippen LogP contribution in [0.5, 0.6) is 0 Å². The Morgan fingerprint density at radius 1 is 1.40 bits per heavy atom. The van der Waals surface area contributed by atoms with Crippen molar-refractivity contribution in [2.24, 2.45) is 0 Å². The van der Waals surface area contributed by atoms with E-state index in [0.717, 1.165) is 5.69 Å². The molecule has 82 valence electrons. The van der Waals surface area contributed by atoms with Gasteiger partial charge >= 0.3 is 0 Å². The summed E-state index contributed by atoms with van der Waals surface area (Å²) >= 11 is 1.68. The number of carbonyl (C=O) groups excluding carboxylic acids is 1. The molecule has 0 radical (unpaired) electrons. The lowest BCUT2D eigenvalue weighted by Gasteiger charge is -2.16. The van der Waals surface area contributed by atoms with Gasteiger partial charge in [0.05, 0.1) is 5.75 Å². The average molecular weight is 223 g/mol. The zero-order chi connectivity index (χ0) is 11.3. The first kappa shape index (κ1) is 12.2. The van der Waals surface area contributed by atoms with Gasteiger partial charge in [-0.3, -0.25) is 9.78 Å². The van der Waals surface area contributed by atoms with E-state index in [2.05, 4.69) is 25.8 Å². The molecule has 0 aliphatic heterocycles. The molecule has 1 aromatic rings. The Labute approximate surface area is 95.5 Å². The minimum atomic E-state index is 0.153. The Balaban J connectivity index is 2.38. The van der Waals surface area contributed by atoms with E-state index >= 15 is 0 Å². The zero-order valence-electron chi connectivity index (χ0n) is 9.49. The van der Waals surface area contributed by atoms with Crippen LogP contribution in [0.1, 0.15) is 26.5 Å². The van der Waals surface area contributed by atoms with Gasteiger partial charge in [0.2, 0.25) is 0 Å². The molecule has 3 heteroatoms. The fraction of sp³-hybridized carbons (Fsp3) is 0.500. The third-order valence-electron chi connectivity index (χ3n) is 1.77. The van der Waals surface area contributed by atoms with E-state index in [0.29, 0.717) is 12.2 Å². The quantitative estimate of drug-likeness (QED) is 0.786. The molecule has 0 aromatic carbocycles. The van der Waals surface area contributed by atoms with Crippen LogP contribution in [-0.4, -0.2) is 21.3 Å². The summed E-state index contributed by atoms with van der Waals surface area (Å²) in [5.74, 6) is 0.814. The summed E-state index contributed by atoms with van der Waals surface area (Å²) in [4.78, 5) is 15.7. The first-order valence-electron chi connectivity index (χ1n) is 5.03. The summed E-state index contributed by atoms with van der Waals surface area (Å²) in [6.45, 7) is 6.35. The Hall–Kier alpha value is -0.830. The maximum absolute atomic E-state index is 11.6. The Morgan fingerprint density at radius 2 is 2.13 bits per heavy atom. The van der Waals surface area contributed by atoms with Crippen LogP contribution < -0.4 is 0 Å². The molecule has 0 bridgehead atoms. The first-order chi connectivity index (χ1) is 6.97. The van der Waals surface area contributed by atoms with Crippen molar-refractivity contribution in [3.63, 3.8) is 0 Å². The molecular weight excluding hydrogens is 206 g/mol. The van der Waals surface area contributed by atoms with Gasteiger partial charge < -0.3 is 0 Å². The molecule has 1 rings (SSSR count). The summed E-state index contributed by atoms with van der Waals surface area (Å²) in [6, 6.07) is 5.66. The van der Waals surface area contributed by atoms with Crippen LogP contribution in [0.4, 0.5) is 0 Å². The molecule has 0 saturated heterocycles. The topological polar surface area (TPSA) is 30.0 Å². The number of nitrogens with zero attached hydrogens (tertiary/aromatic N) is 1. The van der Waals surface area contributed by atoms with Crippen molar-refractivity contribution < 1.29 is 4.79 Å². The standard InChI is InChI=1S/C12H17NOS/c1-12(2,3)15-9-11(14)8-10-6-4-5-7-13-10/h4-7H,8-9H2,1-3H3. The van der Waals surface area contributed by atoms with E-state index in [1.54, 1.807) is 18.0 Å². The monoisotopic (exact) mass is 223 g/mol. The van der Waals surface area contributed by atoms with Crippen LogP contribution in [0.2, 0.25) is 0 Å². The molecule has 0 amide bonds. The normalized spacial score (nSPS) is 11.4. The van der Waals surface area contributed by atoms with Crippen molar-refractivity contribution in [3.8, 4) is 0 Å². The smallest absolute Gasteiger partial charge is 0.148 e. The van der Waals surface area contributed by atoms with E-state index in [4.69, 9.17) is 0 Å². The van der Waals surface area contributed by atoms with Crippen LogP contribution in [-0.2, 0) is 11.2 Å². The summed E-state index contributed by atoms with van der Waals surface area (Å²) < 4.78 is 0.153. The highest BCUT2D eigenvalue weighted by molar-refractivity contribution is 8.01. The van der Waals surface area contributed by atoms with Crippen LogP contribution in [0.3, 0.4) is 0 Å². The minimum absolute atomic E-state index is 0.153. The van der Waals surface area contributed by atoms with Gasteiger partial charge in [0.25, 0.3) is 0 Å². The molecule has 0 aliphatic carbocycles. The third-order valence-corrected chi connectivity index (χ3v) is 3.10. The summed E-state index contributed by atoms with van der Waals surface area (Å²) in [5.41, 5.74) is 0.858. The third kappa shape index (κ3) is 5.57. The first-order valence-corrected chi connectivity index (χ1v) is 6.01. The number of Topliss-reactive ketones (excluding diaryl/α,β-unsaturated/α-hetero) is 1. The van der Waals surface area contributed by atoms with Gasteiger partial charge in [-0.05, 0) is 12.1 Å². The van der Waals surface area contributed by atoms with E-state index in [-0.39, 0.29) is 10.5 Å². The maximum Gasteiger partial charge on any atom is 0.148 e. The van der Waals surface area contributed by atoms with Crippen LogP contribution in [0.15, 0.2) is 24.4 Å². The SMILES string of the molecule is CC(C)(C)SCC(=O)Cc1ccccn1. The fourth-order valence-corrected chi connectivity index (χ4v) is 1.75. The number of pyridine rings is 1.